The van der Waals surface area contributed by atoms with E-state index < -0.39 is 11.6 Å². The van der Waals surface area contributed by atoms with Crippen molar-refractivity contribution in [3.63, 3.8) is 0 Å². The van der Waals surface area contributed by atoms with Gasteiger partial charge in [-0.25, -0.2) is 4.79 Å². The van der Waals surface area contributed by atoms with Crippen molar-refractivity contribution in [3.05, 3.63) is 29.8 Å². The number of piperidine rings is 1. The highest BCUT2D eigenvalue weighted by Gasteiger charge is 2.40. The Balaban J connectivity index is 2.00. The van der Waals surface area contributed by atoms with Gasteiger partial charge in [0.25, 0.3) is 5.91 Å². The lowest BCUT2D eigenvalue weighted by atomic mass is 9.91. The lowest BCUT2D eigenvalue weighted by molar-refractivity contribution is -0.162. The molecule has 2 rings (SSSR count). The lowest BCUT2D eigenvalue weighted by Crippen LogP contribution is -2.50. The number of likely N-dealkylation sites (tertiary alicyclic amines) is 1. The summed E-state index contributed by atoms with van der Waals surface area (Å²) in [4.78, 5) is 25.0. The molecule has 1 fully saturated rings. The first-order valence-corrected chi connectivity index (χ1v) is 7.65. The van der Waals surface area contributed by atoms with E-state index in [2.05, 4.69) is 0 Å². The third-order valence-electron chi connectivity index (χ3n) is 3.80. The fourth-order valence-corrected chi connectivity index (χ4v) is 2.50. The lowest BCUT2D eigenvalue weighted by Gasteiger charge is -2.35. The van der Waals surface area contributed by atoms with Crippen LogP contribution in [0.25, 0.3) is 0 Å². The molecule has 1 saturated heterocycles. The van der Waals surface area contributed by atoms with Crippen molar-refractivity contribution in [2.45, 2.75) is 44.8 Å². The van der Waals surface area contributed by atoms with E-state index in [-0.39, 0.29) is 37.4 Å². The highest BCUT2D eigenvalue weighted by Crippen LogP contribution is 2.24. The number of rotatable bonds is 3. The van der Waals surface area contributed by atoms with E-state index in [1.54, 1.807) is 29.2 Å². The van der Waals surface area contributed by atoms with E-state index in [1.165, 1.54) is 0 Å². The number of hydrogen-bond donors (Lipinski definition) is 2. The van der Waals surface area contributed by atoms with Gasteiger partial charge in [-0.3, -0.25) is 4.79 Å². The molecule has 126 valence electrons. The third kappa shape index (κ3) is 4.22. The molecule has 0 saturated carbocycles. The summed E-state index contributed by atoms with van der Waals surface area (Å²) in [5.41, 5.74) is -1.51. The minimum Gasteiger partial charge on any atom is -0.488 e. The molecule has 1 aliphatic rings. The molecule has 1 amide bonds. The second kappa shape index (κ2) is 6.20. The monoisotopic (exact) mass is 321 g/mol. The van der Waals surface area contributed by atoms with Gasteiger partial charge < -0.3 is 19.8 Å². The first-order chi connectivity index (χ1) is 10.6. The zero-order chi connectivity index (χ0) is 17.3. The van der Waals surface area contributed by atoms with Crippen LogP contribution in [0.2, 0.25) is 0 Å². The molecule has 0 radical (unpaired) electrons. The van der Waals surface area contributed by atoms with Gasteiger partial charge in [0.15, 0.2) is 5.60 Å². The van der Waals surface area contributed by atoms with Crippen LogP contribution in [0.1, 0.15) is 44.0 Å². The van der Waals surface area contributed by atoms with Crippen molar-refractivity contribution in [2.24, 2.45) is 0 Å². The van der Waals surface area contributed by atoms with E-state index in [0.717, 1.165) is 0 Å². The molecule has 6 nitrogen and oxygen atoms in total. The number of aliphatic hydroxyl groups is 1. The van der Waals surface area contributed by atoms with Crippen molar-refractivity contribution in [1.29, 1.82) is 0 Å². The fourth-order valence-electron chi connectivity index (χ4n) is 2.50. The fraction of sp³-hybridized carbons (Fsp3) is 0.529. The van der Waals surface area contributed by atoms with Gasteiger partial charge in [-0.1, -0.05) is 0 Å². The molecule has 0 aromatic heterocycles. The largest absolute Gasteiger partial charge is 0.488 e. The summed E-state index contributed by atoms with van der Waals surface area (Å²) in [5.74, 6) is -0.707. The number of carboxylic acids is 1. The van der Waals surface area contributed by atoms with Crippen LogP contribution in [0, 0.1) is 0 Å². The summed E-state index contributed by atoms with van der Waals surface area (Å²) >= 11 is 0. The average molecular weight is 321 g/mol. The molecule has 1 aromatic rings. The average Bonchev–Trinajstić information content (AvgIpc) is 2.46. The topological polar surface area (TPSA) is 87.1 Å². The van der Waals surface area contributed by atoms with E-state index in [1.807, 2.05) is 20.8 Å². The molecular formula is C17H23NO5. The first-order valence-electron chi connectivity index (χ1n) is 7.65. The smallest absolute Gasteiger partial charge is 0.335 e. The van der Waals surface area contributed by atoms with Gasteiger partial charge in [-0.05, 0) is 45.0 Å². The van der Waals surface area contributed by atoms with Crippen molar-refractivity contribution >= 4 is 11.9 Å². The predicted octanol–water partition coefficient (Wildman–Crippen LogP) is 1.92. The van der Waals surface area contributed by atoms with Gasteiger partial charge in [0.2, 0.25) is 0 Å². The Bertz CT molecular complexity index is 580. The summed E-state index contributed by atoms with van der Waals surface area (Å²) < 4.78 is 5.71. The molecule has 0 aliphatic carbocycles. The summed E-state index contributed by atoms with van der Waals surface area (Å²) in [6.07, 6.45) is 0.0819. The maximum atomic E-state index is 12.4. The molecule has 1 aromatic carbocycles. The van der Waals surface area contributed by atoms with Crippen LogP contribution < -0.4 is 4.74 Å². The summed E-state index contributed by atoms with van der Waals surface area (Å²) in [5, 5.41) is 18.9. The number of benzene rings is 1. The summed E-state index contributed by atoms with van der Waals surface area (Å²) in [6, 6.07) is 6.88. The van der Waals surface area contributed by atoms with Gasteiger partial charge in [0, 0.05) is 31.5 Å². The van der Waals surface area contributed by atoms with Gasteiger partial charge in [0.05, 0.1) is 0 Å². The minimum atomic E-state index is -1.72. The SMILES string of the molecule is CC(C)(C)Oc1ccc(C(=O)N2CCC(O)(C(=O)O)CC2)cc1. The quantitative estimate of drug-likeness (QED) is 0.888. The van der Waals surface area contributed by atoms with Crippen LogP contribution in [0.5, 0.6) is 5.75 Å². The maximum absolute atomic E-state index is 12.4. The van der Waals surface area contributed by atoms with E-state index in [9.17, 15) is 14.7 Å². The molecule has 0 unspecified atom stereocenters. The molecule has 0 spiro atoms. The van der Waals surface area contributed by atoms with Crippen molar-refractivity contribution in [3.8, 4) is 5.75 Å². The summed E-state index contributed by atoms with van der Waals surface area (Å²) in [6.45, 7) is 6.29. The Morgan fingerprint density at radius 1 is 1.13 bits per heavy atom. The van der Waals surface area contributed by atoms with E-state index in [4.69, 9.17) is 9.84 Å². The molecule has 0 bridgehead atoms. The second-order valence-corrected chi connectivity index (χ2v) is 6.87. The summed E-state index contributed by atoms with van der Waals surface area (Å²) in [7, 11) is 0. The highest BCUT2D eigenvalue weighted by atomic mass is 16.5. The van der Waals surface area contributed by atoms with Crippen molar-refractivity contribution < 1.29 is 24.5 Å². The number of amides is 1. The normalized spacial score (nSPS) is 17.7. The van der Waals surface area contributed by atoms with Crippen LogP contribution in [-0.2, 0) is 4.79 Å². The highest BCUT2D eigenvalue weighted by molar-refractivity contribution is 5.94. The zero-order valence-corrected chi connectivity index (χ0v) is 13.7. The number of nitrogens with zero attached hydrogens (tertiary/aromatic N) is 1. The van der Waals surface area contributed by atoms with Gasteiger partial charge in [0.1, 0.15) is 11.4 Å². The van der Waals surface area contributed by atoms with Crippen LogP contribution >= 0.6 is 0 Å². The Kier molecular flexibility index (Phi) is 4.66. The number of carboxylic acid groups (broad SMARTS) is 1. The third-order valence-corrected chi connectivity index (χ3v) is 3.80. The Hall–Kier alpha value is -2.08. The Morgan fingerprint density at radius 3 is 2.09 bits per heavy atom. The van der Waals surface area contributed by atoms with E-state index in [0.29, 0.717) is 11.3 Å². The molecular weight excluding hydrogens is 298 g/mol. The van der Waals surface area contributed by atoms with Crippen LogP contribution in [0.15, 0.2) is 24.3 Å². The molecule has 1 aliphatic heterocycles. The Labute approximate surface area is 135 Å². The van der Waals surface area contributed by atoms with Gasteiger partial charge in [-0.2, -0.15) is 0 Å². The zero-order valence-electron chi connectivity index (χ0n) is 13.7. The molecule has 0 atom stereocenters. The molecule has 6 heteroatoms. The van der Waals surface area contributed by atoms with Crippen LogP contribution in [0.4, 0.5) is 0 Å². The number of carbonyl (C=O) groups excluding carboxylic acids is 1. The number of ether oxygens (including phenoxy) is 1. The minimum absolute atomic E-state index is 0.0410. The molecule has 23 heavy (non-hydrogen) atoms. The maximum Gasteiger partial charge on any atom is 0.335 e. The Morgan fingerprint density at radius 2 is 1.65 bits per heavy atom. The van der Waals surface area contributed by atoms with Gasteiger partial charge in [-0.15, -0.1) is 0 Å². The number of aliphatic carboxylic acids is 1. The van der Waals surface area contributed by atoms with Crippen LogP contribution in [-0.4, -0.2) is 51.3 Å². The van der Waals surface area contributed by atoms with Crippen molar-refractivity contribution in [1.82, 2.24) is 4.90 Å². The standard InChI is InChI=1S/C17H23NO5/c1-16(2,3)23-13-6-4-12(5-7-13)14(19)18-10-8-17(22,9-11-18)15(20)21/h4-7,22H,8-11H2,1-3H3,(H,20,21). The van der Waals surface area contributed by atoms with Crippen LogP contribution in [0.3, 0.4) is 0 Å². The van der Waals surface area contributed by atoms with E-state index >= 15 is 0 Å². The first kappa shape index (κ1) is 17.3. The number of hydrogen-bond acceptors (Lipinski definition) is 4. The predicted molar refractivity (Wildman–Crippen MR) is 84.5 cm³/mol. The van der Waals surface area contributed by atoms with Gasteiger partial charge >= 0.3 is 5.97 Å². The van der Waals surface area contributed by atoms with Crippen molar-refractivity contribution in [2.75, 3.05) is 13.1 Å². The number of carbonyl (C=O) groups is 2. The second-order valence-electron chi connectivity index (χ2n) is 6.87. The molecule has 1 heterocycles. The molecule has 2 N–H and O–H groups in total.